The summed E-state index contributed by atoms with van der Waals surface area (Å²) in [6.45, 7) is 6.97. The first-order valence-corrected chi connectivity index (χ1v) is 8.96. The Balaban J connectivity index is 2.02. The molecule has 0 amide bonds. The molecule has 0 fully saturated rings. The molecule has 0 aliphatic carbocycles. The Kier molecular flexibility index (Phi) is 5.21. The molecular formula is C22H27NO3. The van der Waals surface area contributed by atoms with Crippen LogP contribution in [0, 0.1) is 0 Å². The van der Waals surface area contributed by atoms with Gasteiger partial charge in [0.15, 0.2) is 11.5 Å². The Morgan fingerprint density at radius 2 is 1.73 bits per heavy atom. The van der Waals surface area contributed by atoms with E-state index in [9.17, 15) is 0 Å². The first kappa shape index (κ1) is 18.3. The number of ether oxygens (including phenoxy) is 3. The van der Waals surface area contributed by atoms with Crippen LogP contribution in [-0.4, -0.2) is 32.3 Å². The molecule has 1 atom stereocenters. The molecule has 1 heterocycles. The van der Waals surface area contributed by atoms with E-state index in [1.165, 1.54) is 5.56 Å². The second kappa shape index (κ2) is 7.40. The third kappa shape index (κ3) is 3.85. The van der Waals surface area contributed by atoms with E-state index in [0.717, 1.165) is 23.3 Å². The highest BCUT2D eigenvalue weighted by molar-refractivity contribution is 5.97. The molecule has 1 unspecified atom stereocenters. The lowest BCUT2D eigenvalue weighted by atomic mass is 9.91. The molecular weight excluding hydrogens is 326 g/mol. The Bertz CT molecular complexity index is 797. The fraction of sp³-hybridized carbons (Fsp3) is 0.409. The van der Waals surface area contributed by atoms with Crippen molar-refractivity contribution in [1.29, 1.82) is 0 Å². The quantitative estimate of drug-likeness (QED) is 0.762. The van der Waals surface area contributed by atoms with Crippen LogP contribution in [0.5, 0.6) is 11.5 Å². The summed E-state index contributed by atoms with van der Waals surface area (Å²) in [5.74, 6) is 2.47. The van der Waals surface area contributed by atoms with E-state index in [1.807, 2.05) is 18.2 Å². The van der Waals surface area contributed by atoms with Crippen LogP contribution in [0.3, 0.4) is 0 Å². The smallest absolute Gasteiger partial charge is 0.217 e. The maximum absolute atomic E-state index is 5.91. The van der Waals surface area contributed by atoms with Crippen LogP contribution in [-0.2, 0) is 11.2 Å². The average molecular weight is 353 g/mol. The van der Waals surface area contributed by atoms with Crippen molar-refractivity contribution in [3.63, 3.8) is 0 Å². The minimum Gasteiger partial charge on any atom is -0.493 e. The van der Waals surface area contributed by atoms with Crippen molar-refractivity contribution in [3.8, 4) is 11.5 Å². The summed E-state index contributed by atoms with van der Waals surface area (Å²) in [6, 6.07) is 14.6. The molecule has 3 rings (SSSR count). The molecule has 1 aliphatic rings. The third-order valence-electron chi connectivity index (χ3n) is 4.70. The molecule has 2 aromatic carbocycles. The van der Waals surface area contributed by atoms with E-state index >= 15 is 0 Å². The van der Waals surface area contributed by atoms with Crippen molar-refractivity contribution in [2.24, 2.45) is 4.99 Å². The molecule has 0 radical (unpaired) electrons. The topological polar surface area (TPSA) is 40.0 Å². The normalized spacial score (nSPS) is 16.6. The minimum absolute atomic E-state index is 0.204. The standard InChI is InChI=1S/C22H27NO3/c1-15(16-9-7-6-8-10-16)11-17-12-19(24-4)20(25-5)13-18(17)21-23-22(2,3)14-26-21/h6-10,12-13,15H,11,14H2,1-5H3. The van der Waals surface area contributed by atoms with E-state index in [2.05, 4.69) is 45.0 Å². The first-order valence-electron chi connectivity index (χ1n) is 8.96. The summed E-state index contributed by atoms with van der Waals surface area (Å²) in [6.07, 6.45) is 0.864. The fourth-order valence-corrected chi connectivity index (χ4v) is 3.24. The largest absolute Gasteiger partial charge is 0.493 e. The SMILES string of the molecule is COc1cc(CC(C)c2ccccc2)c(C2=NC(C)(C)CO2)cc1OC. The third-order valence-corrected chi connectivity index (χ3v) is 4.70. The van der Waals surface area contributed by atoms with Gasteiger partial charge in [0.05, 0.1) is 19.8 Å². The predicted octanol–water partition coefficient (Wildman–Crippen LogP) is 4.61. The number of hydrogen-bond donors (Lipinski definition) is 0. The predicted molar refractivity (Wildman–Crippen MR) is 105 cm³/mol. The van der Waals surface area contributed by atoms with Crippen LogP contribution in [0.1, 0.15) is 43.4 Å². The van der Waals surface area contributed by atoms with Gasteiger partial charge in [-0.2, -0.15) is 0 Å². The minimum atomic E-state index is -0.204. The Morgan fingerprint density at radius 3 is 2.31 bits per heavy atom. The van der Waals surface area contributed by atoms with Gasteiger partial charge in [-0.3, -0.25) is 0 Å². The molecule has 138 valence electrons. The highest BCUT2D eigenvalue weighted by Crippen LogP contribution is 2.35. The maximum atomic E-state index is 5.91. The van der Waals surface area contributed by atoms with Crippen molar-refractivity contribution in [3.05, 3.63) is 59.2 Å². The molecule has 0 saturated heterocycles. The summed E-state index contributed by atoms with van der Waals surface area (Å²) in [5, 5.41) is 0. The van der Waals surface area contributed by atoms with Crippen molar-refractivity contribution in [2.45, 2.75) is 38.6 Å². The van der Waals surface area contributed by atoms with Gasteiger partial charge in [-0.1, -0.05) is 37.3 Å². The Hall–Kier alpha value is -2.49. The van der Waals surface area contributed by atoms with Crippen molar-refractivity contribution >= 4 is 5.90 Å². The van der Waals surface area contributed by atoms with E-state index in [-0.39, 0.29) is 5.54 Å². The van der Waals surface area contributed by atoms with Crippen LogP contribution in [0.15, 0.2) is 47.5 Å². The summed E-state index contributed by atoms with van der Waals surface area (Å²) < 4.78 is 16.9. The van der Waals surface area contributed by atoms with Gasteiger partial charge in [-0.25, -0.2) is 4.99 Å². The number of hydrogen-bond acceptors (Lipinski definition) is 4. The maximum Gasteiger partial charge on any atom is 0.217 e. The van der Waals surface area contributed by atoms with Gasteiger partial charge in [-0.15, -0.1) is 0 Å². The number of nitrogens with zero attached hydrogens (tertiary/aromatic N) is 1. The van der Waals surface area contributed by atoms with Crippen LogP contribution < -0.4 is 9.47 Å². The first-order chi connectivity index (χ1) is 12.4. The van der Waals surface area contributed by atoms with Crippen molar-refractivity contribution < 1.29 is 14.2 Å². The number of aliphatic imine (C=N–C) groups is 1. The lowest BCUT2D eigenvalue weighted by Gasteiger charge is -2.18. The van der Waals surface area contributed by atoms with E-state index in [4.69, 9.17) is 19.2 Å². The zero-order valence-electron chi connectivity index (χ0n) is 16.2. The highest BCUT2D eigenvalue weighted by atomic mass is 16.5. The molecule has 0 saturated carbocycles. The second-order valence-corrected chi connectivity index (χ2v) is 7.40. The zero-order chi connectivity index (χ0) is 18.7. The lowest BCUT2D eigenvalue weighted by molar-refractivity contribution is 0.279. The molecule has 0 aromatic heterocycles. The number of rotatable bonds is 6. The number of methoxy groups -OCH3 is 2. The van der Waals surface area contributed by atoms with E-state index < -0.39 is 0 Å². The van der Waals surface area contributed by atoms with E-state index in [1.54, 1.807) is 14.2 Å². The van der Waals surface area contributed by atoms with Crippen LogP contribution in [0.4, 0.5) is 0 Å². The van der Waals surface area contributed by atoms with E-state index in [0.29, 0.717) is 24.2 Å². The summed E-state index contributed by atoms with van der Waals surface area (Å²) in [4.78, 5) is 4.76. The molecule has 2 aromatic rings. The fourth-order valence-electron chi connectivity index (χ4n) is 3.24. The molecule has 1 aliphatic heterocycles. The molecule has 0 bridgehead atoms. The second-order valence-electron chi connectivity index (χ2n) is 7.40. The lowest BCUT2D eigenvalue weighted by Crippen LogP contribution is -2.17. The molecule has 4 heteroatoms. The Morgan fingerprint density at radius 1 is 1.08 bits per heavy atom. The van der Waals surface area contributed by atoms with Gasteiger partial charge < -0.3 is 14.2 Å². The Labute approximate surface area is 155 Å². The van der Waals surface area contributed by atoms with Gasteiger partial charge in [0.25, 0.3) is 0 Å². The highest BCUT2D eigenvalue weighted by Gasteiger charge is 2.29. The molecule has 4 nitrogen and oxygen atoms in total. The van der Waals surface area contributed by atoms with Gasteiger partial charge in [-0.05, 0) is 49.4 Å². The monoisotopic (exact) mass is 353 g/mol. The zero-order valence-corrected chi connectivity index (χ0v) is 16.2. The van der Waals surface area contributed by atoms with Gasteiger partial charge in [0.1, 0.15) is 6.61 Å². The van der Waals surface area contributed by atoms with Gasteiger partial charge in [0, 0.05) is 5.56 Å². The van der Waals surface area contributed by atoms with Gasteiger partial charge >= 0.3 is 0 Å². The molecule has 0 N–H and O–H groups in total. The molecule has 26 heavy (non-hydrogen) atoms. The summed E-state index contributed by atoms with van der Waals surface area (Å²) in [5.41, 5.74) is 3.24. The van der Waals surface area contributed by atoms with Crippen LogP contribution in [0.25, 0.3) is 0 Å². The molecule has 0 spiro atoms. The van der Waals surface area contributed by atoms with Crippen LogP contribution >= 0.6 is 0 Å². The average Bonchev–Trinajstić information content (AvgIpc) is 3.01. The summed E-state index contributed by atoms with van der Waals surface area (Å²) >= 11 is 0. The van der Waals surface area contributed by atoms with Crippen LogP contribution in [0.2, 0.25) is 0 Å². The van der Waals surface area contributed by atoms with Gasteiger partial charge in [0.2, 0.25) is 5.90 Å². The summed E-state index contributed by atoms with van der Waals surface area (Å²) in [7, 11) is 3.31. The van der Waals surface area contributed by atoms with Crippen molar-refractivity contribution in [2.75, 3.05) is 20.8 Å². The number of benzene rings is 2. The van der Waals surface area contributed by atoms with Crippen molar-refractivity contribution in [1.82, 2.24) is 0 Å².